The summed E-state index contributed by atoms with van der Waals surface area (Å²) in [5.74, 6) is 1.46. The van der Waals surface area contributed by atoms with Crippen LogP contribution in [0, 0.1) is 7.14 Å². The first kappa shape index (κ1) is 24.8. The number of urea groups is 1. The van der Waals surface area contributed by atoms with E-state index in [-0.39, 0.29) is 24.8 Å². The van der Waals surface area contributed by atoms with E-state index in [1.807, 2.05) is 18.2 Å². The fourth-order valence-corrected chi connectivity index (χ4v) is 6.20. The molecular weight excluding hydrogens is 722 g/mol. The molecule has 0 spiro atoms. The summed E-state index contributed by atoms with van der Waals surface area (Å²) in [6.45, 7) is 0.572. The Morgan fingerprint density at radius 3 is 2.18 bits per heavy atom. The minimum atomic E-state index is -0.840. The lowest BCUT2D eigenvalue weighted by atomic mass is 10.1. The summed E-state index contributed by atoms with van der Waals surface area (Å²) in [7, 11) is 0. The Hall–Kier alpha value is -3.53. The van der Waals surface area contributed by atoms with Gasteiger partial charge < -0.3 is 23.7 Å². The molecule has 0 bridgehead atoms. The molecule has 192 valence electrons. The highest BCUT2D eigenvalue weighted by Gasteiger charge is 2.37. The maximum Gasteiger partial charge on any atom is 0.335 e. The van der Waals surface area contributed by atoms with Gasteiger partial charge >= 0.3 is 6.03 Å². The highest BCUT2D eigenvalue weighted by Crippen LogP contribution is 2.37. The van der Waals surface area contributed by atoms with Gasteiger partial charge in [-0.15, -0.1) is 0 Å². The lowest BCUT2D eigenvalue weighted by molar-refractivity contribution is -0.122. The molecular formula is C26H16I2N2O8. The fraction of sp³-hybridized carbons (Fsp3) is 0.115. The number of barbiturate groups is 1. The van der Waals surface area contributed by atoms with Crippen molar-refractivity contribution in [3.05, 3.63) is 72.4 Å². The van der Waals surface area contributed by atoms with Crippen molar-refractivity contribution in [1.82, 2.24) is 5.32 Å². The van der Waals surface area contributed by atoms with Crippen molar-refractivity contribution in [2.24, 2.45) is 0 Å². The molecule has 0 atom stereocenters. The molecule has 3 aliphatic rings. The van der Waals surface area contributed by atoms with Crippen LogP contribution in [-0.4, -0.2) is 31.4 Å². The van der Waals surface area contributed by atoms with Gasteiger partial charge in [0.1, 0.15) is 17.9 Å². The van der Waals surface area contributed by atoms with Crippen molar-refractivity contribution < 1.29 is 38.1 Å². The van der Waals surface area contributed by atoms with Gasteiger partial charge in [0, 0.05) is 6.07 Å². The van der Waals surface area contributed by atoms with Crippen LogP contribution in [0.2, 0.25) is 0 Å². The van der Waals surface area contributed by atoms with Crippen molar-refractivity contribution in [3.8, 4) is 28.7 Å². The number of carbonyl (C=O) groups is 3. The summed E-state index contributed by atoms with van der Waals surface area (Å²) in [6.07, 6.45) is 1.45. The molecule has 0 aliphatic carbocycles. The monoisotopic (exact) mass is 738 g/mol. The molecule has 1 N–H and O–H groups in total. The van der Waals surface area contributed by atoms with Gasteiger partial charge in [0.05, 0.1) is 12.8 Å². The molecule has 0 aromatic heterocycles. The molecule has 12 heteroatoms. The van der Waals surface area contributed by atoms with Gasteiger partial charge in [-0.25, -0.2) is 9.69 Å². The van der Waals surface area contributed by atoms with Crippen molar-refractivity contribution in [2.45, 2.75) is 6.61 Å². The summed E-state index contributed by atoms with van der Waals surface area (Å²) in [4.78, 5) is 39.4. The fourth-order valence-electron chi connectivity index (χ4n) is 4.07. The second kappa shape index (κ2) is 9.98. The summed E-state index contributed by atoms with van der Waals surface area (Å²) < 4.78 is 29.1. The van der Waals surface area contributed by atoms with Crippen LogP contribution in [0.5, 0.6) is 28.7 Å². The maximum absolute atomic E-state index is 13.3. The first-order valence-corrected chi connectivity index (χ1v) is 13.3. The lowest BCUT2D eigenvalue weighted by Gasteiger charge is -2.26. The molecule has 3 aromatic rings. The summed E-state index contributed by atoms with van der Waals surface area (Å²) >= 11 is 4.28. The Balaban J connectivity index is 1.24. The van der Waals surface area contributed by atoms with Gasteiger partial charge in [-0.2, -0.15) is 0 Å². The SMILES string of the molecule is O=C1NC(=O)N(c2ccc3c(c2)OCO3)C(=O)/C1=C/c1cc(I)c(OCc2ccc3c(c2)OCO3)c(I)c1. The minimum Gasteiger partial charge on any atom is -0.487 e. The third-order valence-electron chi connectivity index (χ3n) is 5.87. The predicted molar refractivity (Wildman–Crippen MR) is 150 cm³/mol. The molecule has 0 radical (unpaired) electrons. The van der Waals surface area contributed by atoms with E-state index in [2.05, 4.69) is 50.5 Å². The zero-order valence-electron chi connectivity index (χ0n) is 19.3. The van der Waals surface area contributed by atoms with Crippen LogP contribution in [0.3, 0.4) is 0 Å². The number of amides is 4. The van der Waals surface area contributed by atoms with Crippen LogP contribution < -0.4 is 33.9 Å². The summed E-state index contributed by atoms with van der Waals surface area (Å²) in [6, 6.07) is 13.1. The quantitative estimate of drug-likeness (QED) is 0.230. The highest BCUT2D eigenvalue weighted by molar-refractivity contribution is 14.1. The largest absolute Gasteiger partial charge is 0.487 e. The van der Waals surface area contributed by atoms with Crippen molar-refractivity contribution in [3.63, 3.8) is 0 Å². The smallest absolute Gasteiger partial charge is 0.335 e. The van der Waals surface area contributed by atoms with Gasteiger partial charge in [0.15, 0.2) is 23.0 Å². The van der Waals surface area contributed by atoms with E-state index in [0.717, 1.165) is 17.6 Å². The molecule has 3 aromatic carbocycles. The Labute approximate surface area is 243 Å². The van der Waals surface area contributed by atoms with Gasteiger partial charge in [-0.1, -0.05) is 6.07 Å². The number of hydrogen-bond acceptors (Lipinski definition) is 8. The van der Waals surface area contributed by atoms with E-state index in [4.69, 9.17) is 23.7 Å². The maximum atomic E-state index is 13.3. The number of carbonyl (C=O) groups excluding carboxylic acids is 3. The molecule has 38 heavy (non-hydrogen) atoms. The molecule has 3 heterocycles. The van der Waals surface area contributed by atoms with Gasteiger partial charge in [-0.3, -0.25) is 14.9 Å². The van der Waals surface area contributed by atoms with Crippen LogP contribution >= 0.6 is 45.2 Å². The number of nitrogens with zero attached hydrogens (tertiary/aromatic N) is 1. The number of ether oxygens (including phenoxy) is 5. The molecule has 1 fully saturated rings. The molecule has 1 saturated heterocycles. The lowest BCUT2D eigenvalue weighted by Crippen LogP contribution is -2.54. The Bertz CT molecular complexity index is 1530. The molecule has 0 unspecified atom stereocenters. The summed E-state index contributed by atoms with van der Waals surface area (Å²) in [5.41, 5.74) is 1.60. The molecule has 3 aliphatic heterocycles. The van der Waals surface area contributed by atoms with E-state index < -0.39 is 17.8 Å². The predicted octanol–water partition coefficient (Wildman–Crippen LogP) is 4.60. The zero-order valence-corrected chi connectivity index (χ0v) is 23.6. The second-order valence-corrected chi connectivity index (χ2v) is 10.6. The van der Waals surface area contributed by atoms with Crippen LogP contribution in [0.15, 0.2) is 54.1 Å². The minimum absolute atomic E-state index is 0.0518. The average Bonchev–Trinajstić information content (AvgIpc) is 3.54. The number of halogens is 2. The normalized spacial score (nSPS) is 16.7. The van der Waals surface area contributed by atoms with E-state index in [9.17, 15) is 14.4 Å². The van der Waals surface area contributed by atoms with E-state index >= 15 is 0 Å². The van der Waals surface area contributed by atoms with Gasteiger partial charge in [0.2, 0.25) is 13.6 Å². The van der Waals surface area contributed by atoms with Crippen LogP contribution in [0.1, 0.15) is 11.1 Å². The molecule has 0 saturated carbocycles. The number of fused-ring (bicyclic) bond motifs is 2. The van der Waals surface area contributed by atoms with E-state index in [1.54, 1.807) is 24.3 Å². The number of rotatable bonds is 5. The number of anilines is 1. The molecule has 6 rings (SSSR count). The Kier molecular flexibility index (Phi) is 6.51. The second-order valence-electron chi connectivity index (χ2n) is 8.29. The number of hydrogen-bond donors (Lipinski definition) is 1. The topological polar surface area (TPSA) is 113 Å². The van der Waals surface area contributed by atoms with Crippen molar-refractivity contribution >= 4 is 74.8 Å². The zero-order chi connectivity index (χ0) is 26.4. The molecule has 4 amide bonds. The highest BCUT2D eigenvalue weighted by atomic mass is 127. The number of imide groups is 2. The Morgan fingerprint density at radius 2 is 1.47 bits per heavy atom. The number of nitrogens with one attached hydrogen (secondary N) is 1. The third kappa shape index (κ3) is 4.62. The van der Waals surface area contributed by atoms with Crippen LogP contribution in [-0.2, 0) is 16.2 Å². The number of benzene rings is 3. The van der Waals surface area contributed by atoms with E-state index in [1.165, 1.54) is 12.1 Å². The van der Waals surface area contributed by atoms with Crippen molar-refractivity contribution in [2.75, 3.05) is 18.5 Å². The third-order valence-corrected chi connectivity index (χ3v) is 7.47. The van der Waals surface area contributed by atoms with Crippen LogP contribution in [0.25, 0.3) is 6.08 Å². The van der Waals surface area contributed by atoms with Gasteiger partial charge in [0.25, 0.3) is 11.8 Å². The molecule has 10 nitrogen and oxygen atoms in total. The Morgan fingerprint density at radius 1 is 0.842 bits per heavy atom. The first-order chi connectivity index (χ1) is 18.4. The first-order valence-electron chi connectivity index (χ1n) is 11.2. The van der Waals surface area contributed by atoms with E-state index in [0.29, 0.717) is 40.9 Å². The van der Waals surface area contributed by atoms with Crippen LogP contribution in [0.4, 0.5) is 10.5 Å². The van der Waals surface area contributed by atoms with Crippen molar-refractivity contribution in [1.29, 1.82) is 0 Å². The average molecular weight is 738 g/mol. The summed E-state index contributed by atoms with van der Waals surface area (Å²) in [5, 5.41) is 2.23. The van der Waals surface area contributed by atoms with Gasteiger partial charge in [-0.05, 0) is 98.8 Å². The standard InChI is InChI=1S/C26H16I2N2O8/c27-17-6-14(7-18(28)23(17)34-10-13-1-3-19-21(8-13)37-11-35-19)5-16-24(31)29-26(33)30(25(16)32)15-2-4-20-22(9-15)38-12-36-20/h1-9H,10-12H2,(H,29,31,33)/b16-5+.